The molecule has 0 saturated carbocycles. The van der Waals surface area contributed by atoms with Gasteiger partial charge in [0.1, 0.15) is 0 Å². The van der Waals surface area contributed by atoms with Crippen molar-refractivity contribution in [3.8, 4) is 0 Å². The van der Waals surface area contributed by atoms with Crippen LogP contribution in [0.15, 0.2) is 0 Å². The van der Waals surface area contributed by atoms with E-state index >= 15 is 0 Å². The highest BCUT2D eigenvalue weighted by atomic mass is 35.5. The Bertz CT molecular complexity index is 84.7. The van der Waals surface area contributed by atoms with Gasteiger partial charge >= 0.3 is 0 Å². The maximum atomic E-state index is 5.61. The van der Waals surface area contributed by atoms with E-state index in [1.54, 1.807) is 0 Å². The number of hydrogen-bond donors (Lipinski definition) is 0. The van der Waals surface area contributed by atoms with Crippen LogP contribution in [0.4, 0.5) is 0 Å². The third-order valence-electron chi connectivity index (χ3n) is 2.52. The van der Waals surface area contributed by atoms with E-state index in [9.17, 15) is 0 Å². The van der Waals surface area contributed by atoms with Crippen molar-refractivity contribution in [2.24, 2.45) is 11.3 Å². The Kier molecular flexibility index (Phi) is 4.35. The molecule has 0 amide bonds. The smallest absolute Gasteiger partial charge is 0.0223 e. The number of halogens is 1. The topological polar surface area (TPSA) is 0 Å². The summed E-state index contributed by atoms with van der Waals surface area (Å²) in [5, 5.41) is 0. The summed E-state index contributed by atoms with van der Waals surface area (Å²) in [4.78, 5) is 0. The Balaban J connectivity index is 3.63. The van der Waals surface area contributed by atoms with Crippen molar-refractivity contribution in [2.75, 3.05) is 5.88 Å². The molecule has 0 atom stereocenters. The Labute approximate surface area is 70.0 Å². The molecule has 0 aliphatic rings. The maximum absolute atomic E-state index is 5.61. The second-order valence-corrected chi connectivity index (χ2v) is 4.31. The fourth-order valence-corrected chi connectivity index (χ4v) is 0.945. The Morgan fingerprint density at radius 3 is 2.10 bits per heavy atom. The minimum atomic E-state index is 0.467. The summed E-state index contributed by atoms with van der Waals surface area (Å²) in [6, 6.07) is 0. The van der Waals surface area contributed by atoms with Gasteiger partial charge in [0.25, 0.3) is 0 Å². The van der Waals surface area contributed by atoms with Crippen LogP contribution in [0.3, 0.4) is 0 Å². The molecule has 0 N–H and O–H groups in total. The molecule has 0 aromatic rings. The summed E-state index contributed by atoms with van der Waals surface area (Å²) in [5.41, 5.74) is 0.467. The van der Waals surface area contributed by atoms with Crippen LogP contribution in [0, 0.1) is 11.3 Å². The molecule has 0 fully saturated rings. The third kappa shape index (κ3) is 3.46. The van der Waals surface area contributed by atoms with Crippen LogP contribution in [-0.4, -0.2) is 5.88 Å². The largest absolute Gasteiger partial charge is 0.127 e. The van der Waals surface area contributed by atoms with Crippen molar-refractivity contribution < 1.29 is 0 Å². The van der Waals surface area contributed by atoms with Gasteiger partial charge in [0.05, 0.1) is 0 Å². The number of alkyl halides is 1. The lowest BCUT2D eigenvalue weighted by atomic mass is 9.78. The van der Waals surface area contributed by atoms with Gasteiger partial charge in [-0.25, -0.2) is 0 Å². The van der Waals surface area contributed by atoms with Gasteiger partial charge in [-0.05, 0) is 24.2 Å². The Morgan fingerprint density at radius 1 is 1.30 bits per heavy atom. The van der Waals surface area contributed by atoms with Crippen LogP contribution < -0.4 is 0 Å². The van der Waals surface area contributed by atoms with Crippen LogP contribution in [0.1, 0.15) is 40.5 Å². The van der Waals surface area contributed by atoms with Gasteiger partial charge in [-0.1, -0.05) is 27.7 Å². The van der Waals surface area contributed by atoms with Gasteiger partial charge in [0, 0.05) is 5.88 Å². The average molecular weight is 163 g/mol. The lowest BCUT2D eigenvalue weighted by Gasteiger charge is -2.28. The highest BCUT2D eigenvalue weighted by molar-refractivity contribution is 6.17. The molecule has 0 heterocycles. The van der Waals surface area contributed by atoms with Crippen LogP contribution >= 0.6 is 11.6 Å². The van der Waals surface area contributed by atoms with Crippen LogP contribution in [0.5, 0.6) is 0 Å². The molecule has 0 bridgehead atoms. The number of rotatable bonds is 4. The SMILES string of the molecule is CC(C)C(C)(C)CCCCl. The van der Waals surface area contributed by atoms with Gasteiger partial charge < -0.3 is 0 Å². The van der Waals surface area contributed by atoms with Gasteiger partial charge in [-0.15, -0.1) is 11.6 Å². The molecular weight excluding hydrogens is 144 g/mol. The van der Waals surface area contributed by atoms with Crippen molar-refractivity contribution in [1.29, 1.82) is 0 Å². The van der Waals surface area contributed by atoms with Crippen molar-refractivity contribution in [2.45, 2.75) is 40.5 Å². The highest BCUT2D eigenvalue weighted by Crippen LogP contribution is 2.31. The van der Waals surface area contributed by atoms with Crippen LogP contribution in [0.25, 0.3) is 0 Å². The molecule has 0 aromatic heterocycles. The van der Waals surface area contributed by atoms with Crippen molar-refractivity contribution in [3.05, 3.63) is 0 Å². The van der Waals surface area contributed by atoms with E-state index in [1.807, 2.05) is 0 Å². The first kappa shape index (κ1) is 10.3. The summed E-state index contributed by atoms with van der Waals surface area (Å²) in [5.74, 6) is 1.56. The molecule has 1 heteroatoms. The molecule has 0 radical (unpaired) electrons. The number of hydrogen-bond acceptors (Lipinski definition) is 0. The van der Waals surface area contributed by atoms with E-state index in [0.717, 1.165) is 18.2 Å². The summed E-state index contributed by atoms with van der Waals surface area (Å²) in [6.45, 7) is 9.16. The quantitative estimate of drug-likeness (QED) is 0.554. The van der Waals surface area contributed by atoms with Gasteiger partial charge in [0.2, 0.25) is 0 Å². The molecule has 0 unspecified atom stereocenters. The summed E-state index contributed by atoms with van der Waals surface area (Å²) in [7, 11) is 0. The van der Waals surface area contributed by atoms with Crippen molar-refractivity contribution in [3.63, 3.8) is 0 Å². The van der Waals surface area contributed by atoms with Crippen LogP contribution in [0.2, 0.25) is 0 Å². The van der Waals surface area contributed by atoms with Crippen molar-refractivity contribution in [1.82, 2.24) is 0 Å². The molecule has 0 nitrogen and oxygen atoms in total. The first-order valence-electron chi connectivity index (χ1n) is 4.06. The van der Waals surface area contributed by atoms with Crippen LogP contribution in [-0.2, 0) is 0 Å². The molecule has 0 saturated heterocycles. The molecule has 10 heavy (non-hydrogen) atoms. The normalized spacial score (nSPS) is 12.6. The first-order valence-corrected chi connectivity index (χ1v) is 4.60. The van der Waals surface area contributed by atoms with E-state index in [2.05, 4.69) is 27.7 Å². The zero-order valence-corrected chi connectivity index (χ0v) is 8.33. The molecule has 0 aliphatic heterocycles. The third-order valence-corrected chi connectivity index (χ3v) is 2.78. The standard InChI is InChI=1S/C9H19Cl/c1-8(2)9(3,4)6-5-7-10/h8H,5-7H2,1-4H3. The molecule has 0 rings (SSSR count). The molecule has 0 aromatic carbocycles. The highest BCUT2D eigenvalue weighted by Gasteiger charge is 2.20. The van der Waals surface area contributed by atoms with E-state index in [-0.39, 0.29) is 0 Å². The fourth-order valence-electron chi connectivity index (χ4n) is 0.811. The van der Waals surface area contributed by atoms with Crippen molar-refractivity contribution >= 4 is 11.6 Å². The van der Waals surface area contributed by atoms with E-state index < -0.39 is 0 Å². The summed E-state index contributed by atoms with van der Waals surface area (Å²) in [6.07, 6.45) is 2.39. The van der Waals surface area contributed by atoms with E-state index in [1.165, 1.54) is 6.42 Å². The van der Waals surface area contributed by atoms with Gasteiger partial charge in [0.15, 0.2) is 0 Å². The zero-order valence-electron chi connectivity index (χ0n) is 7.58. The maximum Gasteiger partial charge on any atom is 0.0223 e. The molecule has 0 aliphatic carbocycles. The monoisotopic (exact) mass is 162 g/mol. The lowest BCUT2D eigenvalue weighted by molar-refractivity contribution is 0.227. The molecular formula is C9H19Cl. The lowest BCUT2D eigenvalue weighted by Crippen LogP contribution is -2.18. The van der Waals surface area contributed by atoms with Gasteiger partial charge in [-0.3, -0.25) is 0 Å². The second kappa shape index (κ2) is 4.23. The van der Waals surface area contributed by atoms with Gasteiger partial charge in [-0.2, -0.15) is 0 Å². The predicted octanol–water partition coefficient (Wildman–Crippen LogP) is 3.69. The molecule has 0 spiro atoms. The zero-order chi connectivity index (χ0) is 8.20. The molecule has 62 valence electrons. The Hall–Kier alpha value is 0.290. The minimum absolute atomic E-state index is 0.467. The first-order chi connectivity index (χ1) is 4.50. The van der Waals surface area contributed by atoms with E-state index in [4.69, 9.17) is 11.6 Å². The Morgan fingerprint density at radius 2 is 1.80 bits per heavy atom. The summed E-state index contributed by atoms with van der Waals surface area (Å²) >= 11 is 5.61. The summed E-state index contributed by atoms with van der Waals surface area (Å²) < 4.78 is 0. The second-order valence-electron chi connectivity index (χ2n) is 3.94. The van der Waals surface area contributed by atoms with E-state index in [0.29, 0.717) is 5.41 Å². The average Bonchev–Trinajstić information content (AvgIpc) is 1.84. The predicted molar refractivity (Wildman–Crippen MR) is 48.6 cm³/mol. The fraction of sp³-hybridized carbons (Fsp3) is 1.00. The minimum Gasteiger partial charge on any atom is -0.127 e.